The monoisotopic (exact) mass is 266 g/mol. The number of methoxy groups -OCH3 is 1. The van der Waals surface area contributed by atoms with Crippen molar-refractivity contribution in [3.63, 3.8) is 0 Å². The van der Waals surface area contributed by atoms with Crippen LogP contribution in [0.2, 0.25) is 0 Å². The number of benzene rings is 1. The SMILES string of the molecule is COC(=O)/C=C1/CCc2c(Br)cccc21. The Morgan fingerprint density at radius 3 is 3.00 bits per heavy atom. The first-order valence-electron chi connectivity index (χ1n) is 4.78. The van der Waals surface area contributed by atoms with Gasteiger partial charge in [-0.2, -0.15) is 0 Å². The van der Waals surface area contributed by atoms with E-state index in [-0.39, 0.29) is 5.97 Å². The first-order chi connectivity index (χ1) is 7.22. The van der Waals surface area contributed by atoms with Crippen LogP contribution in [0, 0.1) is 0 Å². The summed E-state index contributed by atoms with van der Waals surface area (Å²) in [5, 5.41) is 0. The molecule has 1 aliphatic rings. The lowest BCUT2D eigenvalue weighted by molar-refractivity contribution is -0.134. The van der Waals surface area contributed by atoms with Gasteiger partial charge in [-0.1, -0.05) is 28.1 Å². The summed E-state index contributed by atoms with van der Waals surface area (Å²) in [7, 11) is 1.40. The van der Waals surface area contributed by atoms with Gasteiger partial charge in [-0.25, -0.2) is 4.79 Å². The summed E-state index contributed by atoms with van der Waals surface area (Å²) in [6.07, 6.45) is 3.48. The molecule has 0 radical (unpaired) electrons. The molecule has 0 aromatic heterocycles. The highest BCUT2D eigenvalue weighted by atomic mass is 79.9. The smallest absolute Gasteiger partial charge is 0.330 e. The van der Waals surface area contributed by atoms with E-state index in [4.69, 9.17) is 0 Å². The van der Waals surface area contributed by atoms with Gasteiger partial charge in [-0.05, 0) is 35.6 Å². The molecule has 2 nitrogen and oxygen atoms in total. The van der Waals surface area contributed by atoms with Crippen LogP contribution < -0.4 is 0 Å². The average Bonchev–Trinajstić information content (AvgIpc) is 2.63. The van der Waals surface area contributed by atoms with Gasteiger partial charge in [0.2, 0.25) is 0 Å². The Balaban J connectivity index is 2.41. The van der Waals surface area contributed by atoms with Crippen molar-refractivity contribution in [2.75, 3.05) is 7.11 Å². The second-order valence-electron chi connectivity index (χ2n) is 3.46. The van der Waals surface area contributed by atoms with Gasteiger partial charge < -0.3 is 4.74 Å². The van der Waals surface area contributed by atoms with E-state index in [9.17, 15) is 4.79 Å². The van der Waals surface area contributed by atoms with E-state index in [1.54, 1.807) is 6.08 Å². The minimum atomic E-state index is -0.280. The summed E-state index contributed by atoms with van der Waals surface area (Å²) in [4.78, 5) is 11.2. The Morgan fingerprint density at radius 2 is 2.27 bits per heavy atom. The normalized spacial score (nSPS) is 16.5. The summed E-state index contributed by atoms with van der Waals surface area (Å²) in [5.74, 6) is -0.280. The first-order valence-corrected chi connectivity index (χ1v) is 5.58. The molecule has 0 atom stereocenters. The van der Waals surface area contributed by atoms with Crippen molar-refractivity contribution in [3.05, 3.63) is 39.9 Å². The predicted molar refractivity (Wildman–Crippen MR) is 62.5 cm³/mol. The van der Waals surface area contributed by atoms with Gasteiger partial charge in [0.1, 0.15) is 0 Å². The lowest BCUT2D eigenvalue weighted by Gasteiger charge is -2.02. The number of allylic oxidation sites excluding steroid dienone is 1. The molecule has 0 saturated carbocycles. The fourth-order valence-electron chi connectivity index (χ4n) is 1.86. The molecule has 0 saturated heterocycles. The van der Waals surface area contributed by atoms with E-state index >= 15 is 0 Å². The number of ether oxygens (including phenoxy) is 1. The highest BCUT2D eigenvalue weighted by molar-refractivity contribution is 9.10. The van der Waals surface area contributed by atoms with E-state index in [0.29, 0.717) is 0 Å². The number of hydrogen-bond acceptors (Lipinski definition) is 2. The second kappa shape index (κ2) is 4.19. The van der Waals surface area contributed by atoms with Crippen LogP contribution in [0.15, 0.2) is 28.7 Å². The van der Waals surface area contributed by atoms with Crippen LogP contribution >= 0.6 is 15.9 Å². The van der Waals surface area contributed by atoms with Crippen LogP contribution in [-0.2, 0) is 16.0 Å². The molecule has 0 unspecified atom stereocenters. The van der Waals surface area contributed by atoms with E-state index in [0.717, 1.165) is 28.5 Å². The molecule has 78 valence electrons. The number of esters is 1. The number of rotatable bonds is 1. The zero-order valence-corrected chi connectivity index (χ0v) is 10.0. The number of halogens is 1. The maximum Gasteiger partial charge on any atom is 0.330 e. The van der Waals surface area contributed by atoms with Gasteiger partial charge in [0, 0.05) is 10.5 Å². The third-order valence-electron chi connectivity index (χ3n) is 2.60. The lowest BCUT2D eigenvalue weighted by Crippen LogP contribution is -1.95. The predicted octanol–water partition coefficient (Wildman–Crippen LogP) is 2.95. The number of carbonyl (C=O) groups excluding carboxylic acids is 1. The van der Waals surface area contributed by atoms with Crippen LogP contribution in [0.25, 0.3) is 5.57 Å². The Bertz CT molecular complexity index is 435. The van der Waals surface area contributed by atoms with E-state index in [1.165, 1.54) is 12.7 Å². The van der Waals surface area contributed by atoms with Gasteiger partial charge in [0.05, 0.1) is 7.11 Å². The second-order valence-corrected chi connectivity index (χ2v) is 4.31. The van der Waals surface area contributed by atoms with Crippen molar-refractivity contribution < 1.29 is 9.53 Å². The number of hydrogen-bond donors (Lipinski definition) is 0. The van der Waals surface area contributed by atoms with E-state index in [2.05, 4.69) is 20.7 Å². The van der Waals surface area contributed by atoms with E-state index < -0.39 is 0 Å². The van der Waals surface area contributed by atoms with Crippen molar-refractivity contribution in [1.82, 2.24) is 0 Å². The standard InChI is InChI=1S/C12H11BrO2/c1-15-12(14)7-8-5-6-10-9(8)3-2-4-11(10)13/h2-4,7H,5-6H2,1H3/b8-7-. The first kappa shape index (κ1) is 10.4. The van der Waals surface area contributed by atoms with Crippen LogP contribution in [0.4, 0.5) is 0 Å². The minimum absolute atomic E-state index is 0.280. The van der Waals surface area contributed by atoms with Gasteiger partial charge in [0.25, 0.3) is 0 Å². The molecule has 1 aromatic carbocycles. The summed E-state index contributed by atoms with van der Waals surface area (Å²) in [6, 6.07) is 6.06. The molecule has 0 bridgehead atoms. The van der Waals surface area contributed by atoms with Crippen molar-refractivity contribution in [1.29, 1.82) is 0 Å². The molecule has 2 rings (SSSR count). The topological polar surface area (TPSA) is 26.3 Å². The van der Waals surface area contributed by atoms with Crippen LogP contribution in [-0.4, -0.2) is 13.1 Å². The molecule has 1 aromatic rings. The molecule has 1 aliphatic carbocycles. The minimum Gasteiger partial charge on any atom is -0.466 e. The maximum atomic E-state index is 11.2. The molecule has 0 heterocycles. The molecule has 3 heteroatoms. The van der Waals surface area contributed by atoms with E-state index in [1.807, 2.05) is 18.2 Å². The van der Waals surface area contributed by atoms with Crippen LogP contribution in [0.5, 0.6) is 0 Å². The van der Waals surface area contributed by atoms with Gasteiger partial charge in [-0.15, -0.1) is 0 Å². The molecular formula is C12H11BrO2. The van der Waals surface area contributed by atoms with Crippen LogP contribution in [0.3, 0.4) is 0 Å². The van der Waals surface area contributed by atoms with Gasteiger partial charge >= 0.3 is 5.97 Å². The maximum absolute atomic E-state index is 11.2. The zero-order valence-electron chi connectivity index (χ0n) is 8.42. The molecule has 0 spiro atoms. The summed E-state index contributed by atoms with van der Waals surface area (Å²) < 4.78 is 5.75. The van der Waals surface area contributed by atoms with Crippen molar-refractivity contribution in [3.8, 4) is 0 Å². The quantitative estimate of drug-likeness (QED) is 0.577. The molecule has 0 aliphatic heterocycles. The lowest BCUT2D eigenvalue weighted by atomic mass is 10.1. The summed E-state index contributed by atoms with van der Waals surface area (Å²) in [6.45, 7) is 0. The molecule has 15 heavy (non-hydrogen) atoms. The largest absolute Gasteiger partial charge is 0.466 e. The summed E-state index contributed by atoms with van der Waals surface area (Å²) >= 11 is 3.51. The average molecular weight is 267 g/mol. The van der Waals surface area contributed by atoms with Gasteiger partial charge in [0.15, 0.2) is 0 Å². The Hall–Kier alpha value is -1.09. The third kappa shape index (κ3) is 1.97. The number of carbonyl (C=O) groups is 1. The highest BCUT2D eigenvalue weighted by Gasteiger charge is 2.18. The molecule has 0 fully saturated rings. The van der Waals surface area contributed by atoms with Crippen molar-refractivity contribution in [2.45, 2.75) is 12.8 Å². The Kier molecular flexibility index (Phi) is 2.91. The summed E-state index contributed by atoms with van der Waals surface area (Å²) in [5.41, 5.74) is 3.51. The number of fused-ring (bicyclic) bond motifs is 1. The van der Waals surface area contributed by atoms with Gasteiger partial charge in [-0.3, -0.25) is 0 Å². The molecule has 0 amide bonds. The Labute approximate surface area is 97.1 Å². The Morgan fingerprint density at radius 1 is 1.47 bits per heavy atom. The van der Waals surface area contributed by atoms with Crippen LogP contribution in [0.1, 0.15) is 17.5 Å². The fourth-order valence-corrected chi connectivity index (χ4v) is 2.42. The zero-order chi connectivity index (χ0) is 10.8. The highest BCUT2D eigenvalue weighted by Crippen LogP contribution is 2.36. The van der Waals surface area contributed by atoms with Crippen molar-refractivity contribution in [2.24, 2.45) is 0 Å². The fraction of sp³-hybridized carbons (Fsp3) is 0.250. The van der Waals surface area contributed by atoms with Crippen molar-refractivity contribution >= 4 is 27.5 Å². The third-order valence-corrected chi connectivity index (χ3v) is 3.35. The molecular weight excluding hydrogens is 256 g/mol. The molecule has 0 N–H and O–H groups in total.